The Balaban J connectivity index is 2.69. The molecule has 0 spiro atoms. The Kier molecular flexibility index (Phi) is 6.14. The predicted molar refractivity (Wildman–Crippen MR) is 67.9 cm³/mol. The van der Waals surface area contributed by atoms with E-state index in [0.717, 1.165) is 0 Å². The second kappa shape index (κ2) is 7.66. The molecule has 0 bridgehead atoms. The van der Waals surface area contributed by atoms with Gasteiger partial charge in [0.15, 0.2) is 0 Å². The Morgan fingerprint density at radius 1 is 1.39 bits per heavy atom. The molecular formula is C12H15ClN2O3. The third-order valence-corrected chi connectivity index (χ3v) is 2.33. The molecule has 0 saturated carbocycles. The first-order valence-corrected chi connectivity index (χ1v) is 6.20. The number of halogens is 1. The lowest BCUT2D eigenvalue weighted by Crippen LogP contribution is -2.26. The van der Waals surface area contributed by atoms with E-state index in [4.69, 9.17) is 16.3 Å². The van der Waals surface area contributed by atoms with Gasteiger partial charge in [-0.15, -0.1) is 11.6 Å². The van der Waals surface area contributed by atoms with Crippen LogP contribution in [-0.2, 0) is 4.74 Å². The van der Waals surface area contributed by atoms with Crippen LogP contribution in [0, 0.1) is 0 Å². The van der Waals surface area contributed by atoms with Gasteiger partial charge in [-0.2, -0.15) is 0 Å². The number of hydrogen-bond acceptors (Lipinski definition) is 4. The highest BCUT2D eigenvalue weighted by molar-refractivity contribution is 6.17. The van der Waals surface area contributed by atoms with E-state index in [-0.39, 0.29) is 23.9 Å². The van der Waals surface area contributed by atoms with Gasteiger partial charge in [0.25, 0.3) is 5.91 Å². The van der Waals surface area contributed by atoms with Gasteiger partial charge < -0.3 is 10.1 Å². The van der Waals surface area contributed by atoms with Crippen LogP contribution >= 0.6 is 11.6 Å². The Morgan fingerprint density at radius 3 is 2.78 bits per heavy atom. The minimum atomic E-state index is -0.534. The zero-order chi connectivity index (χ0) is 13.4. The number of esters is 1. The van der Waals surface area contributed by atoms with Gasteiger partial charge in [-0.05, 0) is 25.5 Å². The second-order valence-electron chi connectivity index (χ2n) is 3.43. The summed E-state index contributed by atoms with van der Waals surface area (Å²) < 4.78 is 4.81. The number of ether oxygens (including phenoxy) is 1. The molecule has 0 atom stereocenters. The number of carbonyl (C=O) groups is 2. The molecule has 0 aliphatic carbocycles. The number of amides is 1. The summed E-state index contributed by atoms with van der Waals surface area (Å²) >= 11 is 5.50. The molecule has 0 fully saturated rings. The summed E-state index contributed by atoms with van der Waals surface area (Å²) in [7, 11) is 0. The molecular weight excluding hydrogens is 256 g/mol. The largest absolute Gasteiger partial charge is 0.461 e. The monoisotopic (exact) mass is 270 g/mol. The predicted octanol–water partition coefficient (Wildman–Crippen LogP) is 1.62. The zero-order valence-corrected chi connectivity index (χ0v) is 10.9. The Bertz CT molecular complexity index is 424. The molecule has 1 amide bonds. The smallest absolute Gasteiger partial charge is 0.356 e. The summed E-state index contributed by atoms with van der Waals surface area (Å²) in [5.74, 6) is -0.379. The van der Waals surface area contributed by atoms with E-state index in [9.17, 15) is 9.59 Å². The van der Waals surface area contributed by atoms with Crippen molar-refractivity contribution in [2.24, 2.45) is 0 Å². The van der Waals surface area contributed by atoms with E-state index in [2.05, 4.69) is 10.3 Å². The average molecular weight is 271 g/mol. The molecule has 0 aliphatic heterocycles. The van der Waals surface area contributed by atoms with Crippen molar-refractivity contribution in [1.29, 1.82) is 0 Å². The Morgan fingerprint density at radius 2 is 2.11 bits per heavy atom. The first-order valence-electron chi connectivity index (χ1n) is 5.67. The van der Waals surface area contributed by atoms with Gasteiger partial charge in [0, 0.05) is 12.4 Å². The van der Waals surface area contributed by atoms with Gasteiger partial charge >= 0.3 is 5.97 Å². The third kappa shape index (κ3) is 4.33. The summed E-state index contributed by atoms with van der Waals surface area (Å²) in [6.07, 6.45) is 0.685. The van der Waals surface area contributed by atoms with Crippen LogP contribution in [0.15, 0.2) is 18.2 Å². The maximum atomic E-state index is 11.7. The van der Waals surface area contributed by atoms with Crippen LogP contribution in [0.3, 0.4) is 0 Å². The van der Waals surface area contributed by atoms with E-state index >= 15 is 0 Å². The fourth-order valence-electron chi connectivity index (χ4n) is 1.24. The van der Waals surface area contributed by atoms with Gasteiger partial charge in [-0.3, -0.25) is 4.79 Å². The molecule has 0 saturated heterocycles. The van der Waals surface area contributed by atoms with Crippen LogP contribution in [-0.4, -0.2) is 35.9 Å². The molecule has 1 aromatic rings. The van der Waals surface area contributed by atoms with Crippen molar-refractivity contribution in [2.75, 3.05) is 19.0 Å². The average Bonchev–Trinajstić information content (AvgIpc) is 2.39. The van der Waals surface area contributed by atoms with Gasteiger partial charge in [0.1, 0.15) is 11.4 Å². The lowest BCUT2D eigenvalue weighted by molar-refractivity contribution is 0.0519. The highest BCUT2D eigenvalue weighted by Gasteiger charge is 2.12. The number of hydrogen-bond donors (Lipinski definition) is 1. The van der Waals surface area contributed by atoms with Crippen LogP contribution in [0.5, 0.6) is 0 Å². The lowest BCUT2D eigenvalue weighted by Gasteiger charge is -2.05. The Hall–Kier alpha value is -1.62. The molecule has 0 radical (unpaired) electrons. The second-order valence-corrected chi connectivity index (χ2v) is 3.80. The fourth-order valence-corrected chi connectivity index (χ4v) is 1.37. The van der Waals surface area contributed by atoms with E-state index < -0.39 is 5.97 Å². The quantitative estimate of drug-likeness (QED) is 0.484. The highest BCUT2D eigenvalue weighted by Crippen LogP contribution is 2.02. The molecule has 1 N–H and O–H groups in total. The van der Waals surface area contributed by atoms with Crippen LogP contribution in [0.1, 0.15) is 34.3 Å². The number of rotatable bonds is 6. The first kappa shape index (κ1) is 14.4. The molecule has 1 rings (SSSR count). The summed E-state index contributed by atoms with van der Waals surface area (Å²) in [5, 5.41) is 2.66. The summed E-state index contributed by atoms with van der Waals surface area (Å²) in [6, 6.07) is 4.64. The van der Waals surface area contributed by atoms with Gasteiger partial charge in [0.05, 0.1) is 6.61 Å². The van der Waals surface area contributed by atoms with Crippen molar-refractivity contribution in [3.05, 3.63) is 29.6 Å². The van der Waals surface area contributed by atoms with E-state index in [1.165, 1.54) is 6.07 Å². The summed E-state index contributed by atoms with van der Waals surface area (Å²) in [5.41, 5.74) is 0.317. The summed E-state index contributed by atoms with van der Waals surface area (Å²) in [6.45, 7) is 2.46. The van der Waals surface area contributed by atoms with Crippen molar-refractivity contribution < 1.29 is 14.3 Å². The SMILES string of the molecule is CCOC(=O)c1cccc(C(=O)NCCCCl)n1. The fraction of sp³-hybridized carbons (Fsp3) is 0.417. The molecule has 0 aromatic carbocycles. The standard InChI is InChI=1S/C12H15ClN2O3/c1-2-18-12(17)10-6-3-5-9(15-10)11(16)14-8-4-7-13/h3,5-6H,2,4,7-8H2,1H3,(H,14,16). The van der Waals surface area contributed by atoms with E-state index in [1.54, 1.807) is 19.1 Å². The maximum absolute atomic E-state index is 11.7. The zero-order valence-electron chi connectivity index (χ0n) is 10.1. The number of aromatic nitrogens is 1. The minimum absolute atomic E-state index is 0.127. The summed E-state index contributed by atoms with van der Waals surface area (Å²) in [4.78, 5) is 27.1. The van der Waals surface area contributed by atoms with Crippen LogP contribution in [0.2, 0.25) is 0 Å². The van der Waals surface area contributed by atoms with Crippen molar-refractivity contribution in [3.8, 4) is 0 Å². The number of nitrogens with zero attached hydrogens (tertiary/aromatic N) is 1. The van der Waals surface area contributed by atoms with Gasteiger partial charge in [0.2, 0.25) is 0 Å². The number of carbonyl (C=O) groups excluding carboxylic acids is 2. The van der Waals surface area contributed by atoms with Crippen LogP contribution in [0.25, 0.3) is 0 Å². The minimum Gasteiger partial charge on any atom is -0.461 e. The number of alkyl halides is 1. The molecule has 18 heavy (non-hydrogen) atoms. The van der Waals surface area contributed by atoms with Crippen molar-refractivity contribution in [2.45, 2.75) is 13.3 Å². The van der Waals surface area contributed by atoms with E-state index in [1.807, 2.05) is 0 Å². The van der Waals surface area contributed by atoms with Gasteiger partial charge in [-0.1, -0.05) is 6.07 Å². The van der Waals surface area contributed by atoms with Gasteiger partial charge in [-0.25, -0.2) is 9.78 Å². The number of pyridine rings is 1. The molecule has 5 nitrogen and oxygen atoms in total. The molecule has 1 aromatic heterocycles. The molecule has 6 heteroatoms. The van der Waals surface area contributed by atoms with Crippen molar-refractivity contribution in [1.82, 2.24) is 10.3 Å². The maximum Gasteiger partial charge on any atom is 0.356 e. The van der Waals surface area contributed by atoms with E-state index in [0.29, 0.717) is 18.8 Å². The molecule has 98 valence electrons. The third-order valence-electron chi connectivity index (χ3n) is 2.06. The molecule has 0 unspecified atom stereocenters. The molecule has 0 aliphatic rings. The van der Waals surface area contributed by atoms with Crippen LogP contribution in [0.4, 0.5) is 0 Å². The first-order chi connectivity index (χ1) is 8.69. The normalized spacial score (nSPS) is 9.89. The lowest BCUT2D eigenvalue weighted by atomic mass is 10.3. The Labute approximate surface area is 110 Å². The van der Waals surface area contributed by atoms with Crippen molar-refractivity contribution >= 4 is 23.5 Å². The highest BCUT2D eigenvalue weighted by atomic mass is 35.5. The van der Waals surface area contributed by atoms with Crippen LogP contribution < -0.4 is 5.32 Å². The van der Waals surface area contributed by atoms with Crippen molar-refractivity contribution in [3.63, 3.8) is 0 Å². The molecule has 1 heterocycles. The number of nitrogens with one attached hydrogen (secondary N) is 1. The topological polar surface area (TPSA) is 68.3 Å².